The average Bonchev–Trinajstić information content (AvgIpc) is 1.31. The molecule has 4 N–H and O–H groups in total. The minimum absolute atomic E-state index is 0.0154. The molecule has 18 nitrogen and oxygen atoms in total. The third-order valence-corrected chi connectivity index (χ3v) is 21.4. The number of hydrogen-bond donors (Lipinski definition) is 4. The minimum atomic E-state index is -0.594. The fourth-order valence-electron chi connectivity index (χ4n) is 15.7. The van der Waals surface area contributed by atoms with Gasteiger partial charge in [-0.25, -0.2) is 19.2 Å². The van der Waals surface area contributed by atoms with Crippen molar-refractivity contribution in [1.82, 2.24) is 29.1 Å². The third-order valence-electron chi connectivity index (χ3n) is 21.4. The number of carbonyl (C=O) groups excluding carboxylic acids is 4. The van der Waals surface area contributed by atoms with Crippen LogP contribution >= 0.6 is 0 Å². The Balaban J connectivity index is 0.779. The number of hydrogen-bond acceptors (Lipinski definition) is 12. The summed E-state index contributed by atoms with van der Waals surface area (Å²) in [5.41, 5.74) is 15.4. The van der Waals surface area contributed by atoms with Crippen molar-refractivity contribution < 1.29 is 38.1 Å². The van der Waals surface area contributed by atoms with Gasteiger partial charge in [0.2, 0.25) is 0 Å². The van der Waals surface area contributed by atoms with Gasteiger partial charge in [-0.2, -0.15) is 0 Å². The summed E-state index contributed by atoms with van der Waals surface area (Å²) in [7, 11) is 0. The summed E-state index contributed by atoms with van der Waals surface area (Å²) < 4.78 is 26.1. The lowest BCUT2D eigenvalue weighted by molar-refractivity contribution is 0.0456. The summed E-state index contributed by atoms with van der Waals surface area (Å²) in [6.07, 6.45) is 3.51. The molecule has 13 aromatic rings. The Labute approximate surface area is 625 Å². The van der Waals surface area contributed by atoms with Gasteiger partial charge in [-0.1, -0.05) is 198 Å². The maximum atomic E-state index is 14.6. The van der Waals surface area contributed by atoms with E-state index in [0.29, 0.717) is 74.1 Å². The van der Waals surface area contributed by atoms with E-state index in [4.69, 9.17) is 18.9 Å². The van der Waals surface area contributed by atoms with Crippen LogP contribution in [0.3, 0.4) is 0 Å². The monoisotopic (exact) mass is 1440 g/mol. The van der Waals surface area contributed by atoms with Crippen LogP contribution in [0.1, 0.15) is 206 Å². The highest BCUT2D eigenvalue weighted by molar-refractivity contribution is 5.98. The van der Waals surface area contributed by atoms with E-state index in [9.17, 15) is 38.4 Å². The van der Waals surface area contributed by atoms with Gasteiger partial charge in [-0.3, -0.25) is 28.3 Å². The molecular formula is C90H88N6O12. The van der Waals surface area contributed by atoms with Crippen molar-refractivity contribution in [1.29, 1.82) is 0 Å². The molecule has 0 fully saturated rings. The molecule has 18 heteroatoms. The third kappa shape index (κ3) is 14.8. The molecule has 0 aliphatic rings. The van der Waals surface area contributed by atoms with Crippen LogP contribution in [0.5, 0.6) is 0 Å². The lowest BCUT2D eigenvalue weighted by Crippen LogP contribution is -2.26. The molecule has 0 bridgehead atoms. The molecule has 13 rings (SSSR count). The molecule has 7 aromatic carbocycles. The Kier molecular flexibility index (Phi) is 22.4. The number of nitrogens with zero attached hydrogens (tertiary/aromatic N) is 2. The summed E-state index contributed by atoms with van der Waals surface area (Å²) in [5, 5.41) is 0.160. The van der Waals surface area contributed by atoms with E-state index < -0.39 is 58.0 Å². The maximum absolute atomic E-state index is 14.6. The highest BCUT2D eigenvalue weighted by atomic mass is 16.5. The molecule has 550 valence electrons. The summed E-state index contributed by atoms with van der Waals surface area (Å²) >= 11 is 0. The summed E-state index contributed by atoms with van der Waals surface area (Å²) in [5.74, 6) is -3.21. The van der Waals surface area contributed by atoms with Crippen molar-refractivity contribution in [3.8, 4) is 0 Å². The Hall–Kier alpha value is -12.2. The number of benzene rings is 7. The summed E-state index contributed by atoms with van der Waals surface area (Å²) in [4.78, 5) is 129. The van der Waals surface area contributed by atoms with Gasteiger partial charge in [0, 0.05) is 35.9 Å². The lowest BCUT2D eigenvalue weighted by atomic mass is 9.84. The number of fused-ring (bicyclic) bond motifs is 2. The molecule has 108 heavy (non-hydrogen) atoms. The van der Waals surface area contributed by atoms with Crippen molar-refractivity contribution >= 4 is 45.4 Å². The van der Waals surface area contributed by atoms with Crippen molar-refractivity contribution in [2.24, 2.45) is 0 Å². The van der Waals surface area contributed by atoms with Gasteiger partial charge in [0.25, 0.3) is 22.2 Å². The first-order valence-electron chi connectivity index (χ1n) is 37.2. The average molecular weight is 1450 g/mol. The molecule has 0 radical (unpaired) electrons. The quantitative estimate of drug-likeness (QED) is 0.0243. The minimum Gasteiger partial charge on any atom is -0.456 e. The predicted octanol–water partition coefficient (Wildman–Crippen LogP) is 15.8. The van der Waals surface area contributed by atoms with E-state index in [0.717, 1.165) is 112 Å². The fourth-order valence-corrected chi connectivity index (χ4v) is 15.7. The number of H-pyrrole nitrogens is 4. The second kappa shape index (κ2) is 32.7. The normalized spacial score (nSPS) is 11.6. The first-order valence-corrected chi connectivity index (χ1v) is 37.2. The van der Waals surface area contributed by atoms with Crippen molar-refractivity contribution in [3.63, 3.8) is 0 Å². The molecule has 6 heterocycles. The summed E-state index contributed by atoms with van der Waals surface area (Å²) in [6.45, 7) is 16.2. The summed E-state index contributed by atoms with van der Waals surface area (Å²) in [6, 6.07) is 56.5. The van der Waals surface area contributed by atoms with Crippen LogP contribution in [0.4, 0.5) is 0 Å². The van der Waals surface area contributed by atoms with Crippen LogP contribution in [-0.4, -0.2) is 52.9 Å². The zero-order valence-corrected chi connectivity index (χ0v) is 62.2. The maximum Gasteiger partial charge on any atom is 0.355 e. The number of rotatable bonds is 30. The second-order valence-electron chi connectivity index (χ2n) is 27.7. The number of ether oxygens (including phenoxy) is 4. The number of aromatic amines is 4. The van der Waals surface area contributed by atoms with E-state index >= 15 is 0 Å². The van der Waals surface area contributed by atoms with Gasteiger partial charge in [0.05, 0.1) is 33.4 Å². The first kappa shape index (κ1) is 74.1. The van der Waals surface area contributed by atoms with Gasteiger partial charge in [-0.15, -0.1) is 0 Å². The SMILES string of the molecule is CCc1c(C(=O)OCc2ccccc2)[nH]c(C(c2ccccc2CCCn2c(=O)c3cc4c(=O)n(CCCc5ccccc5C(c5[nH]c(C(=O)OCc6ccccc6)c(CC)c5C)c5[nH]c(C(=O)OCc6ccccc6)c(CC)c5C)c(=O)c4cc3c2=O)c2[nH]c(C(=O)OCc3ccccc3)c(CC)c2C)c1C. The lowest BCUT2D eigenvalue weighted by Gasteiger charge is -2.22. The van der Waals surface area contributed by atoms with Crippen molar-refractivity contribution in [2.45, 2.75) is 158 Å². The van der Waals surface area contributed by atoms with E-state index in [1.165, 1.54) is 21.3 Å². The van der Waals surface area contributed by atoms with Gasteiger partial charge in [-0.05, 0) is 180 Å². The van der Waals surface area contributed by atoms with Crippen LogP contribution in [0, 0.1) is 27.7 Å². The standard InChI is InChI=1S/C90H88N6O12/c1-9-63-53(5)75(91-79(63)87(101)105-49-57-31-17-13-18-32-57)73(76-54(6)64(10-2)80(92-76)88(102)106-50-58-33-19-14-20-34-58)67-43-27-25-39-61(67)41-29-45-95-83(97)69-47-71-72(48-70(69)84(95)98)86(100)96(85(71)99)46-30-42-62-40-26-28-44-68(62)74(77-55(7)65(11-3)81(93-77)89(103)107-51-59-35-21-15-22-36-59)78-56(8)66(12-4)82(94-78)90(104)108-52-60-37-23-16-24-38-60/h13-28,31-40,43-44,47-48,73-74,91-94H,9-12,29-30,41-42,45-46,49-52H2,1-8H3. The van der Waals surface area contributed by atoms with Crippen LogP contribution in [0.2, 0.25) is 0 Å². The molecule has 0 saturated heterocycles. The van der Waals surface area contributed by atoms with Crippen LogP contribution in [0.15, 0.2) is 201 Å². The Bertz CT molecular complexity index is 5070. The van der Waals surface area contributed by atoms with Crippen molar-refractivity contribution in [3.05, 3.63) is 358 Å². The predicted molar refractivity (Wildman–Crippen MR) is 418 cm³/mol. The number of nitrogens with one attached hydrogen (secondary N) is 4. The van der Waals surface area contributed by atoms with E-state index in [2.05, 4.69) is 19.9 Å². The van der Waals surface area contributed by atoms with E-state index in [1.54, 1.807) is 0 Å². The van der Waals surface area contributed by atoms with Gasteiger partial charge in [0.1, 0.15) is 49.2 Å². The molecule has 6 aromatic heterocycles. The number of aromatic nitrogens is 6. The van der Waals surface area contributed by atoms with Crippen LogP contribution in [0.25, 0.3) is 21.5 Å². The molecule has 0 aliphatic heterocycles. The number of aryl methyl sites for hydroxylation is 2. The highest BCUT2D eigenvalue weighted by Gasteiger charge is 2.36. The van der Waals surface area contributed by atoms with Gasteiger partial charge < -0.3 is 38.9 Å². The topological polar surface area (TPSA) is 246 Å². The Morgan fingerprint density at radius 3 is 0.806 bits per heavy atom. The second-order valence-corrected chi connectivity index (χ2v) is 27.7. The zero-order valence-electron chi connectivity index (χ0n) is 62.2. The van der Waals surface area contributed by atoms with Crippen molar-refractivity contribution in [2.75, 3.05) is 0 Å². The van der Waals surface area contributed by atoms with Gasteiger partial charge in [0.15, 0.2) is 0 Å². The van der Waals surface area contributed by atoms with Gasteiger partial charge >= 0.3 is 23.9 Å². The zero-order chi connectivity index (χ0) is 75.9. The number of esters is 4. The van der Waals surface area contributed by atoms with E-state index in [1.807, 2.05) is 225 Å². The molecule has 0 aliphatic carbocycles. The number of carbonyl (C=O) groups is 4. The fraction of sp³-hybridized carbons (Fsp3) is 0.267. The van der Waals surface area contributed by atoms with Crippen LogP contribution in [-0.2, 0) is 97.0 Å². The molecule has 0 unspecified atom stereocenters. The first-order chi connectivity index (χ1) is 52.4. The molecule has 0 saturated carbocycles. The molecular weight excluding hydrogens is 1360 g/mol. The molecule has 0 amide bonds. The van der Waals surface area contributed by atoms with E-state index in [-0.39, 0.29) is 61.1 Å². The molecule has 0 spiro atoms. The highest BCUT2D eigenvalue weighted by Crippen LogP contribution is 2.43. The Morgan fingerprint density at radius 1 is 0.333 bits per heavy atom. The Morgan fingerprint density at radius 2 is 0.565 bits per heavy atom. The largest absolute Gasteiger partial charge is 0.456 e. The molecule has 0 atom stereocenters. The smallest absolute Gasteiger partial charge is 0.355 e. The van der Waals surface area contributed by atoms with Crippen LogP contribution < -0.4 is 22.2 Å².